The number of benzene rings is 3. The first-order valence-corrected chi connectivity index (χ1v) is 8.11. The first kappa shape index (κ1) is 15.0. The van der Waals surface area contributed by atoms with Gasteiger partial charge >= 0.3 is 0 Å². The van der Waals surface area contributed by atoms with Gasteiger partial charge in [-0.3, -0.25) is 0 Å². The minimum Gasteiger partial charge on any atom is -0.399 e. The predicted molar refractivity (Wildman–Crippen MR) is 104 cm³/mol. The van der Waals surface area contributed by atoms with Gasteiger partial charge in [0.2, 0.25) is 0 Å². The van der Waals surface area contributed by atoms with Crippen LogP contribution in [0.15, 0.2) is 72.9 Å². The Kier molecular flexibility index (Phi) is 3.52. The van der Waals surface area contributed by atoms with Crippen LogP contribution >= 0.6 is 0 Å². The summed E-state index contributed by atoms with van der Waals surface area (Å²) < 4.78 is 2.17. The van der Waals surface area contributed by atoms with E-state index in [4.69, 9.17) is 12.3 Å². The van der Waals surface area contributed by atoms with Crippen molar-refractivity contribution in [1.29, 1.82) is 0 Å². The molecule has 2 N–H and O–H groups in total. The summed E-state index contributed by atoms with van der Waals surface area (Å²) in [5, 5.41) is 1.06. The standard InChI is InChI=1S/C22H17N3/c1-15-6-9-19(10-7-15)25-14-21(16-4-3-5-17(23)12-16)20-13-18(24-2)8-11-22(20)25/h3-14H,23H2,1H3. The van der Waals surface area contributed by atoms with E-state index in [2.05, 4.69) is 52.9 Å². The lowest BCUT2D eigenvalue weighted by molar-refractivity contribution is 1.13. The van der Waals surface area contributed by atoms with Crippen LogP contribution in [0.3, 0.4) is 0 Å². The molecule has 4 rings (SSSR count). The molecule has 0 aliphatic carbocycles. The maximum atomic E-state index is 7.32. The molecule has 4 aromatic rings. The second kappa shape index (κ2) is 5.85. The number of nitrogens with two attached hydrogens (primary N) is 1. The van der Waals surface area contributed by atoms with Gasteiger partial charge in [-0.15, -0.1) is 0 Å². The summed E-state index contributed by atoms with van der Waals surface area (Å²) >= 11 is 0. The van der Waals surface area contributed by atoms with E-state index in [1.54, 1.807) is 0 Å². The molecule has 25 heavy (non-hydrogen) atoms. The molecule has 120 valence electrons. The molecule has 3 aromatic carbocycles. The number of nitrogens with zero attached hydrogens (tertiary/aromatic N) is 2. The van der Waals surface area contributed by atoms with Crippen molar-refractivity contribution >= 4 is 22.3 Å². The summed E-state index contributed by atoms with van der Waals surface area (Å²) in [5.74, 6) is 0. The van der Waals surface area contributed by atoms with Crippen LogP contribution in [0.1, 0.15) is 5.56 Å². The highest BCUT2D eigenvalue weighted by atomic mass is 15.0. The lowest BCUT2D eigenvalue weighted by Crippen LogP contribution is -1.91. The van der Waals surface area contributed by atoms with E-state index in [0.29, 0.717) is 5.69 Å². The van der Waals surface area contributed by atoms with E-state index in [1.165, 1.54) is 5.56 Å². The van der Waals surface area contributed by atoms with Crippen LogP contribution in [0.25, 0.3) is 32.6 Å². The van der Waals surface area contributed by atoms with Gasteiger partial charge in [0.15, 0.2) is 5.69 Å². The van der Waals surface area contributed by atoms with Crippen LogP contribution < -0.4 is 5.73 Å². The van der Waals surface area contributed by atoms with Crippen molar-refractivity contribution in [3.05, 3.63) is 89.9 Å². The Balaban J connectivity index is 2.02. The Morgan fingerprint density at radius 2 is 1.76 bits per heavy atom. The fourth-order valence-corrected chi connectivity index (χ4v) is 3.14. The molecular weight excluding hydrogens is 306 g/mol. The Labute approximate surface area is 146 Å². The van der Waals surface area contributed by atoms with Gasteiger partial charge in [-0.25, -0.2) is 4.85 Å². The predicted octanol–water partition coefficient (Wildman–Crippen LogP) is 5.74. The summed E-state index contributed by atoms with van der Waals surface area (Å²) in [6.45, 7) is 9.40. The molecular formula is C22H17N3. The highest BCUT2D eigenvalue weighted by Crippen LogP contribution is 2.35. The van der Waals surface area contributed by atoms with Gasteiger partial charge in [-0.1, -0.05) is 35.9 Å². The highest BCUT2D eigenvalue weighted by molar-refractivity contribution is 5.99. The fourth-order valence-electron chi connectivity index (χ4n) is 3.14. The molecule has 0 spiro atoms. The van der Waals surface area contributed by atoms with E-state index in [0.717, 1.165) is 33.4 Å². The minimum atomic E-state index is 0.638. The number of aromatic nitrogens is 1. The fraction of sp³-hybridized carbons (Fsp3) is 0.0455. The highest BCUT2D eigenvalue weighted by Gasteiger charge is 2.12. The van der Waals surface area contributed by atoms with Gasteiger partial charge in [0.25, 0.3) is 0 Å². The molecule has 1 aromatic heterocycles. The normalized spacial score (nSPS) is 10.7. The van der Waals surface area contributed by atoms with E-state index in [9.17, 15) is 0 Å². The van der Waals surface area contributed by atoms with E-state index in [1.807, 2.05) is 36.4 Å². The molecule has 0 bridgehead atoms. The van der Waals surface area contributed by atoms with Crippen molar-refractivity contribution in [2.24, 2.45) is 0 Å². The molecule has 3 heteroatoms. The summed E-state index contributed by atoms with van der Waals surface area (Å²) in [7, 11) is 0. The maximum Gasteiger partial charge on any atom is 0.188 e. The first-order valence-electron chi connectivity index (χ1n) is 8.11. The molecule has 0 unspecified atom stereocenters. The Hall–Kier alpha value is -3.51. The van der Waals surface area contributed by atoms with Gasteiger partial charge in [0.1, 0.15) is 0 Å². The Morgan fingerprint density at radius 3 is 2.48 bits per heavy atom. The zero-order valence-electron chi connectivity index (χ0n) is 13.9. The molecule has 3 nitrogen and oxygen atoms in total. The van der Waals surface area contributed by atoms with Crippen molar-refractivity contribution in [2.45, 2.75) is 6.92 Å². The van der Waals surface area contributed by atoms with E-state index < -0.39 is 0 Å². The molecule has 0 saturated heterocycles. The van der Waals surface area contributed by atoms with Crippen molar-refractivity contribution in [3.8, 4) is 16.8 Å². The lowest BCUT2D eigenvalue weighted by Gasteiger charge is -2.05. The van der Waals surface area contributed by atoms with Crippen LogP contribution in [-0.2, 0) is 0 Å². The van der Waals surface area contributed by atoms with E-state index in [-0.39, 0.29) is 0 Å². The van der Waals surface area contributed by atoms with Crippen LogP contribution in [0.4, 0.5) is 11.4 Å². The third-order valence-corrected chi connectivity index (χ3v) is 4.43. The molecule has 0 fully saturated rings. The quantitative estimate of drug-likeness (QED) is 0.370. The van der Waals surface area contributed by atoms with Crippen LogP contribution in [0.5, 0.6) is 0 Å². The molecule has 0 aliphatic rings. The SMILES string of the molecule is [C-]#[N+]c1ccc2c(c1)c(-c1cccc(N)c1)cn2-c1ccc(C)cc1. The lowest BCUT2D eigenvalue weighted by atomic mass is 10.0. The van der Waals surface area contributed by atoms with E-state index >= 15 is 0 Å². The number of aryl methyl sites for hydroxylation is 1. The number of fused-ring (bicyclic) bond motifs is 1. The summed E-state index contributed by atoms with van der Waals surface area (Å²) in [6, 6.07) is 22.1. The molecule has 1 heterocycles. The van der Waals surface area contributed by atoms with Crippen LogP contribution in [0, 0.1) is 13.5 Å². The second-order valence-electron chi connectivity index (χ2n) is 6.19. The molecule has 0 amide bonds. The molecule has 0 aliphatic heterocycles. The number of hydrogen-bond donors (Lipinski definition) is 1. The van der Waals surface area contributed by atoms with Gasteiger partial charge < -0.3 is 10.3 Å². The van der Waals surface area contributed by atoms with Crippen molar-refractivity contribution in [3.63, 3.8) is 0 Å². The molecule has 0 saturated carbocycles. The van der Waals surface area contributed by atoms with Crippen molar-refractivity contribution in [2.75, 3.05) is 5.73 Å². The van der Waals surface area contributed by atoms with Crippen LogP contribution in [-0.4, -0.2) is 4.57 Å². The average molecular weight is 323 g/mol. The maximum absolute atomic E-state index is 7.32. The topological polar surface area (TPSA) is 35.3 Å². The Morgan fingerprint density at radius 1 is 0.960 bits per heavy atom. The first-order chi connectivity index (χ1) is 12.2. The van der Waals surface area contributed by atoms with Crippen LogP contribution in [0.2, 0.25) is 0 Å². The van der Waals surface area contributed by atoms with Crippen molar-refractivity contribution in [1.82, 2.24) is 4.57 Å². The number of anilines is 1. The minimum absolute atomic E-state index is 0.638. The van der Waals surface area contributed by atoms with Gasteiger partial charge in [-0.05, 0) is 54.3 Å². The molecule has 0 radical (unpaired) electrons. The summed E-state index contributed by atoms with van der Waals surface area (Å²) in [6.07, 6.45) is 2.12. The van der Waals surface area contributed by atoms with Gasteiger partial charge in [-0.2, -0.15) is 0 Å². The van der Waals surface area contributed by atoms with Crippen molar-refractivity contribution < 1.29 is 0 Å². The Bertz CT molecular complexity index is 1110. The van der Waals surface area contributed by atoms with Gasteiger partial charge in [0, 0.05) is 23.1 Å². The second-order valence-corrected chi connectivity index (χ2v) is 6.19. The number of nitrogen functional groups attached to an aromatic ring is 1. The number of rotatable bonds is 2. The van der Waals surface area contributed by atoms with Gasteiger partial charge in [0.05, 0.1) is 12.1 Å². The third-order valence-electron chi connectivity index (χ3n) is 4.43. The monoisotopic (exact) mass is 323 g/mol. The number of hydrogen-bond acceptors (Lipinski definition) is 1. The largest absolute Gasteiger partial charge is 0.399 e. The zero-order chi connectivity index (χ0) is 17.4. The summed E-state index contributed by atoms with van der Waals surface area (Å²) in [4.78, 5) is 3.58. The molecule has 0 atom stereocenters. The smallest absolute Gasteiger partial charge is 0.188 e. The third kappa shape index (κ3) is 2.64. The summed E-state index contributed by atoms with van der Waals surface area (Å²) in [5.41, 5.74) is 12.9. The zero-order valence-corrected chi connectivity index (χ0v) is 13.9. The average Bonchev–Trinajstić information content (AvgIpc) is 3.01.